The molecule has 0 spiro atoms. The van der Waals surface area contributed by atoms with Crippen LogP contribution in [-0.4, -0.2) is 28.3 Å². The molecule has 0 aliphatic heterocycles. The van der Waals surface area contributed by atoms with Gasteiger partial charge in [0.15, 0.2) is 5.13 Å². The summed E-state index contributed by atoms with van der Waals surface area (Å²) in [6.45, 7) is 0.654. The van der Waals surface area contributed by atoms with E-state index in [1.165, 1.54) is 18.4 Å². The zero-order valence-corrected chi connectivity index (χ0v) is 10.1. The average Bonchev–Trinajstić information content (AvgIpc) is 2.97. The van der Waals surface area contributed by atoms with Crippen LogP contribution in [0.15, 0.2) is 17.8 Å². The van der Waals surface area contributed by atoms with Crippen molar-refractivity contribution in [3.63, 3.8) is 0 Å². The molecular formula is C10H12N4O2S. The number of nitrogens with one attached hydrogen (secondary N) is 2. The molecule has 2 aromatic rings. The SMILES string of the molecule is COC(=O)Cc1csc(NCc2cn[nH]c2)n1. The van der Waals surface area contributed by atoms with E-state index in [9.17, 15) is 4.79 Å². The van der Waals surface area contributed by atoms with Gasteiger partial charge in [0.2, 0.25) is 0 Å². The lowest BCUT2D eigenvalue weighted by Gasteiger charge is -1.98. The van der Waals surface area contributed by atoms with Crippen LogP contribution in [0.3, 0.4) is 0 Å². The fraction of sp³-hybridized carbons (Fsp3) is 0.300. The number of hydrogen-bond donors (Lipinski definition) is 2. The van der Waals surface area contributed by atoms with E-state index < -0.39 is 0 Å². The van der Waals surface area contributed by atoms with Crippen molar-refractivity contribution in [1.29, 1.82) is 0 Å². The number of hydrogen-bond acceptors (Lipinski definition) is 6. The van der Waals surface area contributed by atoms with Crippen LogP contribution in [0.4, 0.5) is 5.13 Å². The van der Waals surface area contributed by atoms with Gasteiger partial charge in [0, 0.05) is 23.7 Å². The number of H-pyrrole nitrogens is 1. The first-order chi connectivity index (χ1) is 8.28. The lowest BCUT2D eigenvalue weighted by molar-refractivity contribution is -0.139. The van der Waals surface area contributed by atoms with Crippen LogP contribution in [0.25, 0.3) is 0 Å². The van der Waals surface area contributed by atoms with Crippen LogP contribution in [0.5, 0.6) is 0 Å². The summed E-state index contributed by atoms with van der Waals surface area (Å²) in [6, 6.07) is 0. The molecule has 0 amide bonds. The summed E-state index contributed by atoms with van der Waals surface area (Å²) in [5, 5.41) is 12.4. The Bertz CT molecular complexity index is 480. The summed E-state index contributed by atoms with van der Waals surface area (Å²) >= 11 is 1.46. The maximum atomic E-state index is 11.0. The number of methoxy groups -OCH3 is 1. The Labute approximate surface area is 102 Å². The highest BCUT2D eigenvalue weighted by Crippen LogP contribution is 2.16. The van der Waals surface area contributed by atoms with E-state index in [0.29, 0.717) is 6.54 Å². The van der Waals surface area contributed by atoms with Gasteiger partial charge in [-0.25, -0.2) is 4.98 Å². The third-order valence-corrected chi connectivity index (χ3v) is 2.95. The Balaban J connectivity index is 1.88. The van der Waals surface area contributed by atoms with Crippen molar-refractivity contribution in [2.24, 2.45) is 0 Å². The molecule has 17 heavy (non-hydrogen) atoms. The Kier molecular flexibility index (Phi) is 3.71. The quantitative estimate of drug-likeness (QED) is 0.781. The molecule has 2 heterocycles. The lowest BCUT2D eigenvalue weighted by atomic mass is 10.3. The van der Waals surface area contributed by atoms with Gasteiger partial charge in [0.25, 0.3) is 0 Å². The number of aromatic amines is 1. The van der Waals surface area contributed by atoms with E-state index in [2.05, 4.69) is 25.2 Å². The normalized spacial score (nSPS) is 10.2. The molecule has 90 valence electrons. The molecule has 0 saturated carbocycles. The second-order valence-corrected chi connectivity index (χ2v) is 4.22. The maximum Gasteiger partial charge on any atom is 0.311 e. The van der Waals surface area contributed by atoms with E-state index in [-0.39, 0.29) is 12.4 Å². The molecule has 2 rings (SSSR count). The number of carbonyl (C=O) groups excluding carboxylic acids is 1. The molecule has 0 unspecified atom stereocenters. The van der Waals surface area contributed by atoms with Crippen molar-refractivity contribution in [3.8, 4) is 0 Å². The van der Waals surface area contributed by atoms with Crippen LogP contribution in [-0.2, 0) is 22.5 Å². The minimum Gasteiger partial charge on any atom is -0.469 e. The van der Waals surface area contributed by atoms with E-state index >= 15 is 0 Å². The number of carbonyl (C=O) groups is 1. The van der Waals surface area contributed by atoms with Crippen molar-refractivity contribution in [3.05, 3.63) is 29.0 Å². The molecule has 0 aromatic carbocycles. The Hall–Kier alpha value is -1.89. The van der Waals surface area contributed by atoms with Crippen molar-refractivity contribution >= 4 is 22.4 Å². The summed E-state index contributed by atoms with van der Waals surface area (Å²) in [6.07, 6.45) is 3.77. The highest BCUT2D eigenvalue weighted by Gasteiger charge is 2.07. The molecular weight excluding hydrogens is 240 g/mol. The molecule has 0 aliphatic rings. The van der Waals surface area contributed by atoms with Gasteiger partial charge in [-0.1, -0.05) is 0 Å². The fourth-order valence-corrected chi connectivity index (χ4v) is 1.95. The third-order valence-electron chi connectivity index (χ3n) is 2.10. The number of nitrogens with zero attached hydrogens (tertiary/aromatic N) is 2. The zero-order valence-electron chi connectivity index (χ0n) is 9.27. The lowest BCUT2D eigenvalue weighted by Crippen LogP contribution is -2.05. The summed E-state index contributed by atoms with van der Waals surface area (Å²) in [5.74, 6) is -0.281. The number of anilines is 1. The van der Waals surface area contributed by atoms with Crippen LogP contribution in [0.2, 0.25) is 0 Å². The van der Waals surface area contributed by atoms with Crippen LogP contribution in [0.1, 0.15) is 11.3 Å². The maximum absolute atomic E-state index is 11.0. The summed E-state index contributed by atoms with van der Waals surface area (Å²) in [4.78, 5) is 15.3. The van der Waals surface area contributed by atoms with Crippen molar-refractivity contribution < 1.29 is 9.53 Å². The Morgan fingerprint density at radius 2 is 2.53 bits per heavy atom. The van der Waals surface area contributed by atoms with Crippen molar-refractivity contribution in [2.45, 2.75) is 13.0 Å². The number of aromatic nitrogens is 3. The molecule has 7 heteroatoms. The Morgan fingerprint density at radius 3 is 3.24 bits per heavy atom. The third kappa shape index (κ3) is 3.28. The second-order valence-electron chi connectivity index (χ2n) is 3.36. The molecule has 0 atom stereocenters. The predicted octanol–water partition coefficient (Wildman–Crippen LogP) is 1.19. The molecule has 0 bridgehead atoms. The first-order valence-electron chi connectivity index (χ1n) is 5.00. The fourth-order valence-electron chi connectivity index (χ4n) is 1.24. The molecule has 0 aliphatic carbocycles. The van der Waals surface area contributed by atoms with Gasteiger partial charge in [-0.3, -0.25) is 9.89 Å². The van der Waals surface area contributed by atoms with Gasteiger partial charge >= 0.3 is 5.97 Å². The van der Waals surface area contributed by atoms with E-state index in [4.69, 9.17) is 0 Å². The van der Waals surface area contributed by atoms with E-state index in [0.717, 1.165) is 16.4 Å². The number of esters is 1. The first-order valence-corrected chi connectivity index (χ1v) is 5.88. The largest absolute Gasteiger partial charge is 0.469 e. The van der Waals surface area contributed by atoms with Crippen LogP contribution < -0.4 is 5.32 Å². The van der Waals surface area contributed by atoms with Gasteiger partial charge in [-0.2, -0.15) is 5.10 Å². The summed E-state index contributed by atoms with van der Waals surface area (Å²) < 4.78 is 4.58. The molecule has 2 N–H and O–H groups in total. The van der Waals surface area contributed by atoms with Crippen LogP contribution in [0, 0.1) is 0 Å². The minimum atomic E-state index is -0.281. The standard InChI is InChI=1S/C10H12N4O2S/c1-16-9(15)2-8-6-17-10(14-8)11-3-7-4-12-13-5-7/h4-6H,2-3H2,1H3,(H,11,14)(H,12,13). The number of thiazole rings is 1. The average molecular weight is 252 g/mol. The highest BCUT2D eigenvalue weighted by atomic mass is 32.1. The molecule has 0 saturated heterocycles. The van der Waals surface area contributed by atoms with Gasteiger partial charge in [0.05, 0.1) is 25.4 Å². The topological polar surface area (TPSA) is 79.9 Å². The van der Waals surface area contributed by atoms with Gasteiger partial charge in [-0.05, 0) is 0 Å². The summed E-state index contributed by atoms with van der Waals surface area (Å²) in [5.41, 5.74) is 1.77. The molecule has 0 radical (unpaired) electrons. The predicted molar refractivity (Wildman–Crippen MR) is 63.7 cm³/mol. The summed E-state index contributed by atoms with van der Waals surface area (Å²) in [7, 11) is 1.37. The van der Waals surface area contributed by atoms with Crippen LogP contribution >= 0.6 is 11.3 Å². The molecule has 2 aromatic heterocycles. The van der Waals surface area contributed by atoms with Crippen molar-refractivity contribution in [2.75, 3.05) is 12.4 Å². The first kappa shape index (κ1) is 11.6. The van der Waals surface area contributed by atoms with E-state index in [1.807, 2.05) is 11.6 Å². The zero-order chi connectivity index (χ0) is 12.1. The number of rotatable bonds is 5. The monoisotopic (exact) mass is 252 g/mol. The minimum absolute atomic E-state index is 0.209. The number of ether oxygens (including phenoxy) is 1. The highest BCUT2D eigenvalue weighted by molar-refractivity contribution is 7.13. The smallest absolute Gasteiger partial charge is 0.311 e. The van der Waals surface area contributed by atoms with Crippen molar-refractivity contribution in [1.82, 2.24) is 15.2 Å². The Morgan fingerprint density at radius 1 is 1.65 bits per heavy atom. The van der Waals surface area contributed by atoms with Gasteiger partial charge in [-0.15, -0.1) is 11.3 Å². The second kappa shape index (κ2) is 5.44. The molecule has 0 fully saturated rings. The van der Waals surface area contributed by atoms with Gasteiger partial charge < -0.3 is 10.1 Å². The molecule has 6 nitrogen and oxygen atoms in total. The van der Waals surface area contributed by atoms with Gasteiger partial charge in [0.1, 0.15) is 0 Å². The van der Waals surface area contributed by atoms with E-state index in [1.54, 1.807) is 6.20 Å².